The van der Waals surface area contributed by atoms with Crippen molar-refractivity contribution in [1.29, 1.82) is 5.26 Å². The van der Waals surface area contributed by atoms with Crippen LogP contribution in [0.2, 0.25) is 0 Å². The van der Waals surface area contributed by atoms with Crippen molar-refractivity contribution in [2.45, 2.75) is 19.9 Å². The van der Waals surface area contributed by atoms with E-state index in [9.17, 15) is 4.79 Å². The van der Waals surface area contributed by atoms with Gasteiger partial charge in [-0.3, -0.25) is 4.79 Å². The molecule has 0 fully saturated rings. The van der Waals surface area contributed by atoms with Gasteiger partial charge in [0, 0.05) is 19.1 Å². The van der Waals surface area contributed by atoms with E-state index in [2.05, 4.69) is 21.7 Å². The Balaban J connectivity index is 1.78. The van der Waals surface area contributed by atoms with Crippen LogP contribution in [0.5, 0.6) is 0 Å². The molecule has 1 aromatic heterocycles. The van der Waals surface area contributed by atoms with Crippen LogP contribution in [0.15, 0.2) is 29.8 Å². The molecule has 0 unspecified atom stereocenters. The van der Waals surface area contributed by atoms with E-state index in [4.69, 9.17) is 5.26 Å². The van der Waals surface area contributed by atoms with Crippen LogP contribution in [0.25, 0.3) is 0 Å². The van der Waals surface area contributed by atoms with Crippen LogP contribution in [0.1, 0.15) is 39.5 Å². The van der Waals surface area contributed by atoms with Gasteiger partial charge in [0.15, 0.2) is 0 Å². The van der Waals surface area contributed by atoms with E-state index in [1.807, 2.05) is 32.0 Å². The first kappa shape index (κ1) is 16.1. The predicted octanol–water partition coefficient (Wildman–Crippen LogP) is 2.40. The van der Waals surface area contributed by atoms with Gasteiger partial charge in [-0.15, -0.1) is 11.3 Å². The number of thiazole rings is 1. The highest BCUT2D eigenvalue weighted by Gasteiger charge is 2.11. The monoisotopic (exact) mass is 314 g/mol. The summed E-state index contributed by atoms with van der Waals surface area (Å²) in [6.07, 6.45) is 0. The molecule has 1 aromatic carbocycles. The Labute approximate surface area is 134 Å². The zero-order valence-electron chi connectivity index (χ0n) is 12.6. The number of carbonyl (C=O) groups is 1. The number of nitriles is 1. The number of aromatic nitrogens is 1. The lowest BCUT2D eigenvalue weighted by atomic mass is 10.1. The van der Waals surface area contributed by atoms with Crippen LogP contribution < -0.4 is 10.6 Å². The summed E-state index contributed by atoms with van der Waals surface area (Å²) in [4.78, 5) is 16.6. The highest BCUT2D eigenvalue weighted by Crippen LogP contribution is 2.13. The molecule has 1 atom stereocenters. The molecule has 0 saturated carbocycles. The Morgan fingerprint density at radius 2 is 2.27 bits per heavy atom. The van der Waals surface area contributed by atoms with Crippen molar-refractivity contribution in [3.8, 4) is 6.07 Å². The second kappa shape index (κ2) is 7.69. The fraction of sp³-hybridized carbons (Fsp3) is 0.312. The minimum atomic E-state index is -0.0825. The summed E-state index contributed by atoms with van der Waals surface area (Å²) in [7, 11) is 0. The van der Waals surface area contributed by atoms with Gasteiger partial charge in [-0.1, -0.05) is 12.1 Å². The maximum absolute atomic E-state index is 11.9. The molecule has 2 aromatic rings. The average molecular weight is 314 g/mol. The second-order valence-corrected chi connectivity index (χ2v) is 5.79. The fourth-order valence-corrected chi connectivity index (χ4v) is 2.78. The number of amides is 1. The molecule has 0 spiro atoms. The van der Waals surface area contributed by atoms with Gasteiger partial charge in [-0.2, -0.15) is 5.26 Å². The van der Waals surface area contributed by atoms with E-state index in [-0.39, 0.29) is 11.9 Å². The molecule has 6 heteroatoms. The Bertz CT molecular complexity index is 689. The van der Waals surface area contributed by atoms with E-state index in [0.717, 1.165) is 11.3 Å². The molecule has 114 valence electrons. The number of hydrogen-bond donors (Lipinski definition) is 2. The number of hydrogen-bond acceptors (Lipinski definition) is 5. The summed E-state index contributed by atoms with van der Waals surface area (Å²) >= 11 is 1.35. The van der Waals surface area contributed by atoms with Gasteiger partial charge in [0.25, 0.3) is 5.91 Å². The average Bonchev–Trinajstić information content (AvgIpc) is 2.97. The molecule has 0 saturated heterocycles. The molecule has 0 aliphatic rings. The molecular weight excluding hydrogens is 296 g/mol. The third kappa shape index (κ3) is 4.13. The number of aryl methyl sites for hydroxylation is 1. The number of rotatable bonds is 6. The standard InChI is InChI=1S/C16H18N4OS/c1-11(14-5-3-4-13(8-14)9-17)18-6-7-19-16(21)15-12(2)20-10-22-15/h3-5,8,10-11,18H,6-7H2,1-2H3,(H,19,21)/t11-/m1/s1. The number of benzene rings is 1. The maximum Gasteiger partial charge on any atom is 0.263 e. The first-order chi connectivity index (χ1) is 10.6. The first-order valence-electron chi connectivity index (χ1n) is 7.03. The Hall–Kier alpha value is -2.23. The summed E-state index contributed by atoms with van der Waals surface area (Å²) in [6.45, 7) is 5.06. The highest BCUT2D eigenvalue weighted by atomic mass is 32.1. The zero-order valence-corrected chi connectivity index (χ0v) is 13.4. The van der Waals surface area contributed by atoms with E-state index in [1.54, 1.807) is 11.6 Å². The summed E-state index contributed by atoms with van der Waals surface area (Å²) in [5, 5.41) is 15.1. The lowest BCUT2D eigenvalue weighted by Crippen LogP contribution is -2.32. The van der Waals surface area contributed by atoms with Crippen LogP contribution in [-0.4, -0.2) is 24.0 Å². The molecule has 1 amide bonds. The molecule has 1 heterocycles. The molecule has 0 bridgehead atoms. The van der Waals surface area contributed by atoms with Crippen molar-refractivity contribution < 1.29 is 4.79 Å². The summed E-state index contributed by atoms with van der Waals surface area (Å²) in [5.41, 5.74) is 4.15. The largest absolute Gasteiger partial charge is 0.350 e. The quantitative estimate of drug-likeness (QED) is 0.803. The van der Waals surface area contributed by atoms with Crippen molar-refractivity contribution in [3.63, 3.8) is 0 Å². The highest BCUT2D eigenvalue weighted by molar-refractivity contribution is 7.11. The van der Waals surface area contributed by atoms with Gasteiger partial charge in [-0.25, -0.2) is 4.98 Å². The molecule has 0 aliphatic carbocycles. The topological polar surface area (TPSA) is 77.8 Å². The van der Waals surface area contributed by atoms with Gasteiger partial charge in [-0.05, 0) is 31.5 Å². The Morgan fingerprint density at radius 3 is 2.95 bits per heavy atom. The molecule has 2 N–H and O–H groups in total. The van der Waals surface area contributed by atoms with Crippen molar-refractivity contribution >= 4 is 17.2 Å². The third-order valence-corrected chi connectivity index (χ3v) is 4.26. The lowest BCUT2D eigenvalue weighted by molar-refractivity contribution is 0.0957. The van der Waals surface area contributed by atoms with E-state index in [0.29, 0.717) is 23.5 Å². The molecule has 0 radical (unpaired) electrons. The number of carbonyl (C=O) groups excluding carboxylic acids is 1. The number of nitrogens with one attached hydrogen (secondary N) is 2. The minimum absolute atomic E-state index is 0.0825. The van der Waals surface area contributed by atoms with Crippen molar-refractivity contribution in [1.82, 2.24) is 15.6 Å². The van der Waals surface area contributed by atoms with Crippen LogP contribution in [0.3, 0.4) is 0 Å². The third-order valence-electron chi connectivity index (χ3n) is 3.33. The van der Waals surface area contributed by atoms with Crippen molar-refractivity contribution in [3.05, 3.63) is 51.5 Å². The molecule has 2 rings (SSSR count). The van der Waals surface area contributed by atoms with E-state index in [1.165, 1.54) is 11.3 Å². The lowest BCUT2D eigenvalue weighted by Gasteiger charge is -2.14. The molecular formula is C16H18N4OS. The minimum Gasteiger partial charge on any atom is -0.350 e. The summed E-state index contributed by atoms with van der Waals surface area (Å²) in [6, 6.07) is 9.77. The van der Waals surface area contributed by atoms with E-state index >= 15 is 0 Å². The summed E-state index contributed by atoms with van der Waals surface area (Å²) < 4.78 is 0. The fourth-order valence-electron chi connectivity index (χ4n) is 2.06. The number of nitrogens with zero attached hydrogens (tertiary/aromatic N) is 2. The van der Waals surface area contributed by atoms with Crippen molar-refractivity contribution in [2.24, 2.45) is 0 Å². The van der Waals surface area contributed by atoms with Crippen molar-refractivity contribution in [2.75, 3.05) is 13.1 Å². The predicted molar refractivity (Wildman–Crippen MR) is 86.8 cm³/mol. The molecule has 22 heavy (non-hydrogen) atoms. The Morgan fingerprint density at radius 1 is 1.45 bits per heavy atom. The molecule has 0 aliphatic heterocycles. The van der Waals surface area contributed by atoms with Gasteiger partial charge in [0.1, 0.15) is 4.88 Å². The van der Waals surface area contributed by atoms with Gasteiger partial charge < -0.3 is 10.6 Å². The van der Waals surface area contributed by atoms with Gasteiger partial charge in [0.2, 0.25) is 0 Å². The smallest absolute Gasteiger partial charge is 0.263 e. The SMILES string of the molecule is Cc1ncsc1C(=O)NCCN[C@H](C)c1cccc(C#N)c1. The van der Waals surface area contributed by atoms with Crippen LogP contribution >= 0.6 is 11.3 Å². The normalized spacial score (nSPS) is 11.7. The van der Waals surface area contributed by atoms with Crippen LogP contribution in [0.4, 0.5) is 0 Å². The Kier molecular flexibility index (Phi) is 5.64. The van der Waals surface area contributed by atoms with Gasteiger partial charge in [0.05, 0.1) is 22.8 Å². The second-order valence-electron chi connectivity index (χ2n) is 4.94. The first-order valence-corrected chi connectivity index (χ1v) is 7.91. The van der Waals surface area contributed by atoms with Gasteiger partial charge >= 0.3 is 0 Å². The molecule has 5 nitrogen and oxygen atoms in total. The maximum atomic E-state index is 11.9. The van der Waals surface area contributed by atoms with Crippen LogP contribution in [-0.2, 0) is 0 Å². The zero-order chi connectivity index (χ0) is 15.9. The van der Waals surface area contributed by atoms with E-state index < -0.39 is 0 Å². The van der Waals surface area contributed by atoms with Crippen LogP contribution in [0, 0.1) is 18.3 Å². The summed E-state index contributed by atoms with van der Waals surface area (Å²) in [5.74, 6) is -0.0825.